The average Bonchev–Trinajstić information content (AvgIpc) is 2.85. The molecule has 1 amide bonds. The molecule has 22 heavy (non-hydrogen) atoms. The van der Waals surface area contributed by atoms with E-state index in [9.17, 15) is 4.79 Å². The summed E-state index contributed by atoms with van der Waals surface area (Å²) in [5.41, 5.74) is 2.61. The Labute approximate surface area is 134 Å². The molecule has 3 rings (SSSR count). The Morgan fingerprint density at radius 3 is 2.91 bits per heavy atom. The minimum atomic E-state index is -0.0122. The van der Waals surface area contributed by atoms with Gasteiger partial charge in [-0.15, -0.1) is 5.10 Å². The third kappa shape index (κ3) is 2.78. The molecular weight excluding hydrogens is 302 g/mol. The zero-order valence-electron chi connectivity index (χ0n) is 12.6. The third-order valence-corrected chi connectivity index (χ3v) is 3.98. The molecule has 3 heterocycles. The number of anilines is 1. The molecule has 0 fully saturated rings. The highest BCUT2D eigenvalue weighted by Gasteiger charge is 2.25. The van der Waals surface area contributed by atoms with Crippen LogP contribution < -0.4 is 5.32 Å². The molecule has 0 spiro atoms. The maximum Gasteiger partial charge on any atom is 0.270 e. The summed E-state index contributed by atoms with van der Waals surface area (Å²) < 4.78 is 1.76. The molecule has 0 saturated heterocycles. The summed E-state index contributed by atoms with van der Waals surface area (Å²) in [4.78, 5) is 14.5. The maximum atomic E-state index is 12.6. The third-order valence-electron chi connectivity index (χ3n) is 3.78. The smallest absolute Gasteiger partial charge is 0.270 e. The summed E-state index contributed by atoms with van der Waals surface area (Å²) in [6.07, 6.45) is 2.46. The first-order chi connectivity index (χ1) is 10.6. The van der Waals surface area contributed by atoms with Gasteiger partial charge in [0.2, 0.25) is 0 Å². The molecule has 1 N–H and O–H groups in total. The Bertz CT molecular complexity index is 712. The van der Waals surface area contributed by atoms with Gasteiger partial charge in [-0.3, -0.25) is 4.79 Å². The molecule has 1 aliphatic heterocycles. The number of aryl methyl sites for hydroxylation is 1. The van der Waals surface area contributed by atoms with Crippen molar-refractivity contribution >= 4 is 23.3 Å². The fourth-order valence-corrected chi connectivity index (χ4v) is 2.92. The number of hydrogen-bond donors (Lipinski definition) is 1. The molecule has 116 valence electrons. The van der Waals surface area contributed by atoms with Gasteiger partial charge in [0.15, 0.2) is 0 Å². The quantitative estimate of drug-likeness (QED) is 0.941. The lowest BCUT2D eigenvalue weighted by atomic mass is 10.1. The van der Waals surface area contributed by atoms with E-state index >= 15 is 0 Å². The van der Waals surface area contributed by atoms with E-state index in [0.717, 1.165) is 30.0 Å². The van der Waals surface area contributed by atoms with Crippen LogP contribution in [0.2, 0.25) is 5.02 Å². The lowest BCUT2D eigenvalue weighted by Crippen LogP contribution is -2.37. The molecule has 7 heteroatoms. The van der Waals surface area contributed by atoms with Gasteiger partial charge in [0, 0.05) is 39.3 Å². The molecule has 0 aliphatic carbocycles. The van der Waals surface area contributed by atoms with Crippen LogP contribution in [0.5, 0.6) is 0 Å². The van der Waals surface area contributed by atoms with Crippen molar-refractivity contribution < 1.29 is 4.79 Å². The highest BCUT2D eigenvalue weighted by molar-refractivity contribution is 6.31. The number of nitrogens with one attached hydrogen (secondary N) is 1. The fourth-order valence-electron chi connectivity index (χ4n) is 2.67. The minimum Gasteiger partial charge on any atom is -0.369 e. The van der Waals surface area contributed by atoms with Gasteiger partial charge in [-0.05, 0) is 24.6 Å². The first-order valence-electron chi connectivity index (χ1n) is 7.29. The van der Waals surface area contributed by atoms with E-state index in [1.807, 2.05) is 24.9 Å². The molecule has 0 unspecified atom stereocenters. The largest absolute Gasteiger partial charge is 0.369 e. The van der Waals surface area contributed by atoms with E-state index in [1.54, 1.807) is 16.8 Å². The predicted molar refractivity (Wildman–Crippen MR) is 85.1 cm³/mol. The Morgan fingerprint density at radius 2 is 2.23 bits per heavy atom. The van der Waals surface area contributed by atoms with Crippen LogP contribution in [-0.2, 0) is 20.0 Å². The Balaban J connectivity index is 1.82. The highest BCUT2D eigenvalue weighted by atomic mass is 35.5. The number of rotatable bonds is 3. The van der Waals surface area contributed by atoms with Gasteiger partial charge in [0.1, 0.15) is 11.5 Å². The molecule has 2 aromatic heterocycles. The standard InChI is InChI=1S/C15H18ClN5O/c1-3-17-14-6-10-8-21(5-4-12(10)18-19-14)15(22)13-7-11(16)9-20(13)2/h6-7,9H,3-5,8H2,1-2H3,(H,17,19). The molecule has 6 nitrogen and oxygen atoms in total. The van der Waals surface area contributed by atoms with Crippen molar-refractivity contribution in [1.82, 2.24) is 19.7 Å². The monoisotopic (exact) mass is 319 g/mol. The van der Waals surface area contributed by atoms with Crippen LogP contribution in [-0.4, -0.2) is 38.7 Å². The predicted octanol–water partition coefficient (Wildman–Crippen LogP) is 2.10. The topological polar surface area (TPSA) is 63.1 Å². The van der Waals surface area contributed by atoms with E-state index < -0.39 is 0 Å². The zero-order valence-corrected chi connectivity index (χ0v) is 13.4. The van der Waals surface area contributed by atoms with Crippen LogP contribution in [0, 0.1) is 0 Å². The summed E-state index contributed by atoms with van der Waals surface area (Å²) in [6, 6.07) is 3.68. The van der Waals surface area contributed by atoms with E-state index in [-0.39, 0.29) is 5.91 Å². The first kappa shape index (κ1) is 14.8. The molecule has 2 aromatic rings. The zero-order chi connectivity index (χ0) is 15.7. The number of aromatic nitrogens is 3. The molecule has 0 saturated carbocycles. The summed E-state index contributed by atoms with van der Waals surface area (Å²) in [5.74, 6) is 0.735. The molecule has 1 aliphatic rings. The van der Waals surface area contributed by atoms with Gasteiger partial charge in [0.05, 0.1) is 10.7 Å². The number of amides is 1. The second kappa shape index (κ2) is 5.96. The van der Waals surface area contributed by atoms with Crippen molar-refractivity contribution in [1.29, 1.82) is 0 Å². The van der Waals surface area contributed by atoms with Gasteiger partial charge < -0.3 is 14.8 Å². The lowest BCUT2D eigenvalue weighted by Gasteiger charge is -2.28. The Kier molecular flexibility index (Phi) is 4.02. The van der Waals surface area contributed by atoms with Gasteiger partial charge in [-0.2, -0.15) is 5.10 Å². The van der Waals surface area contributed by atoms with Crippen molar-refractivity contribution in [2.75, 3.05) is 18.4 Å². The van der Waals surface area contributed by atoms with Gasteiger partial charge >= 0.3 is 0 Å². The van der Waals surface area contributed by atoms with E-state index in [4.69, 9.17) is 11.6 Å². The van der Waals surface area contributed by atoms with Gasteiger partial charge in [-0.25, -0.2) is 0 Å². The Morgan fingerprint density at radius 1 is 1.41 bits per heavy atom. The van der Waals surface area contributed by atoms with Crippen LogP contribution in [0.25, 0.3) is 0 Å². The second-order valence-corrected chi connectivity index (χ2v) is 5.80. The molecule has 0 atom stereocenters. The van der Waals surface area contributed by atoms with E-state index in [1.165, 1.54) is 0 Å². The molecular formula is C15H18ClN5O. The minimum absolute atomic E-state index is 0.0122. The Hall–Kier alpha value is -2.08. The van der Waals surface area contributed by atoms with Gasteiger partial charge in [0.25, 0.3) is 5.91 Å². The number of carbonyl (C=O) groups excluding carboxylic acids is 1. The van der Waals surface area contributed by atoms with Crippen molar-refractivity contribution in [2.45, 2.75) is 19.9 Å². The summed E-state index contributed by atoms with van der Waals surface area (Å²) in [5, 5.41) is 12.1. The summed E-state index contributed by atoms with van der Waals surface area (Å²) >= 11 is 5.97. The van der Waals surface area contributed by atoms with E-state index in [2.05, 4.69) is 15.5 Å². The number of fused-ring (bicyclic) bond motifs is 1. The van der Waals surface area contributed by atoms with Gasteiger partial charge in [-0.1, -0.05) is 11.6 Å². The van der Waals surface area contributed by atoms with Crippen LogP contribution >= 0.6 is 11.6 Å². The molecule has 0 aromatic carbocycles. The number of hydrogen-bond acceptors (Lipinski definition) is 4. The van der Waals surface area contributed by atoms with Crippen LogP contribution in [0.1, 0.15) is 28.7 Å². The van der Waals surface area contributed by atoms with Crippen LogP contribution in [0.4, 0.5) is 5.82 Å². The number of carbonyl (C=O) groups is 1. The van der Waals surface area contributed by atoms with Crippen LogP contribution in [0.15, 0.2) is 18.3 Å². The van der Waals surface area contributed by atoms with Crippen molar-refractivity contribution in [3.63, 3.8) is 0 Å². The maximum absolute atomic E-state index is 12.6. The van der Waals surface area contributed by atoms with E-state index in [0.29, 0.717) is 23.8 Å². The highest BCUT2D eigenvalue weighted by Crippen LogP contribution is 2.22. The summed E-state index contributed by atoms with van der Waals surface area (Å²) in [7, 11) is 1.83. The van der Waals surface area contributed by atoms with Crippen molar-refractivity contribution in [3.05, 3.63) is 40.3 Å². The van der Waals surface area contributed by atoms with Crippen molar-refractivity contribution in [3.8, 4) is 0 Å². The second-order valence-electron chi connectivity index (χ2n) is 5.36. The number of nitrogens with zero attached hydrogens (tertiary/aromatic N) is 4. The van der Waals surface area contributed by atoms with Crippen LogP contribution in [0.3, 0.4) is 0 Å². The molecule has 0 bridgehead atoms. The SMILES string of the molecule is CCNc1cc2c(nn1)CCN(C(=O)c1cc(Cl)cn1C)C2. The molecule has 0 radical (unpaired) electrons. The fraction of sp³-hybridized carbons (Fsp3) is 0.400. The number of halogens is 1. The first-order valence-corrected chi connectivity index (χ1v) is 7.66. The van der Waals surface area contributed by atoms with Crippen molar-refractivity contribution in [2.24, 2.45) is 7.05 Å². The average molecular weight is 320 g/mol. The summed E-state index contributed by atoms with van der Waals surface area (Å²) in [6.45, 7) is 3.99. The normalized spacial score (nSPS) is 13.9. The lowest BCUT2D eigenvalue weighted by molar-refractivity contribution is 0.0723.